The van der Waals surface area contributed by atoms with Crippen LogP contribution in [0.3, 0.4) is 0 Å². The molecule has 2 fully saturated rings. The molecule has 0 saturated carbocycles. The van der Waals surface area contributed by atoms with Crippen LogP contribution in [0.15, 0.2) is 24.3 Å². The quantitative estimate of drug-likeness (QED) is 0.793. The highest BCUT2D eigenvalue weighted by Crippen LogP contribution is 2.23. The van der Waals surface area contributed by atoms with E-state index in [2.05, 4.69) is 4.90 Å². The zero-order chi connectivity index (χ0) is 17.9. The number of nitrogens with zero attached hydrogens (tertiary/aromatic N) is 2. The van der Waals surface area contributed by atoms with Crippen LogP contribution in [0.4, 0.5) is 8.78 Å². The van der Waals surface area contributed by atoms with Crippen LogP contribution in [0.1, 0.15) is 30.4 Å². The minimum absolute atomic E-state index is 0.0912. The Kier molecular flexibility index (Phi) is 6.04. The molecule has 0 N–H and O–H groups in total. The van der Waals surface area contributed by atoms with Crippen molar-refractivity contribution < 1.29 is 21.9 Å². The van der Waals surface area contributed by atoms with Gasteiger partial charge in [-0.2, -0.15) is 0 Å². The number of benzene rings is 1. The number of hydrogen-bond donors (Lipinski definition) is 0. The molecule has 1 aromatic rings. The largest absolute Gasteiger partial charge is 0.379 e. The maximum atomic E-state index is 12.7. The van der Waals surface area contributed by atoms with Crippen LogP contribution in [0.25, 0.3) is 0 Å². The first kappa shape index (κ1) is 18.7. The summed E-state index contributed by atoms with van der Waals surface area (Å²) in [6, 6.07) is 5.77. The lowest BCUT2D eigenvalue weighted by atomic mass is 10.1. The van der Waals surface area contributed by atoms with Crippen LogP contribution in [0.2, 0.25) is 0 Å². The smallest absolute Gasteiger partial charge is 0.263 e. The Hall–Kier alpha value is -1.09. The van der Waals surface area contributed by atoms with Crippen molar-refractivity contribution in [1.82, 2.24) is 9.21 Å². The lowest BCUT2D eigenvalue weighted by Crippen LogP contribution is -2.52. The minimum Gasteiger partial charge on any atom is -0.379 e. The van der Waals surface area contributed by atoms with Gasteiger partial charge in [0.15, 0.2) is 0 Å². The molecule has 1 unspecified atom stereocenters. The van der Waals surface area contributed by atoms with Gasteiger partial charge >= 0.3 is 0 Å². The average molecular weight is 374 g/mol. The highest BCUT2D eigenvalue weighted by Gasteiger charge is 2.32. The molecule has 8 heteroatoms. The first-order valence-corrected chi connectivity index (χ1v) is 10.2. The molecule has 1 atom stereocenters. The number of ether oxygens (including phenoxy) is 1. The molecule has 2 saturated heterocycles. The van der Waals surface area contributed by atoms with Gasteiger partial charge in [0.25, 0.3) is 6.43 Å². The summed E-state index contributed by atoms with van der Waals surface area (Å²) in [5.74, 6) is -0.146. The topological polar surface area (TPSA) is 49.9 Å². The molecule has 2 heterocycles. The number of piperidine rings is 1. The van der Waals surface area contributed by atoms with E-state index in [4.69, 9.17) is 4.74 Å². The molecule has 2 aliphatic rings. The van der Waals surface area contributed by atoms with E-state index in [9.17, 15) is 17.2 Å². The maximum absolute atomic E-state index is 12.7. The summed E-state index contributed by atoms with van der Waals surface area (Å²) < 4.78 is 57.6. The predicted octanol–water partition coefficient (Wildman–Crippen LogP) is 2.25. The SMILES string of the molecule is O=S(=O)(Cc1ccc(C(F)F)cc1)N1CCCC(N2CCOCC2)C1. The summed E-state index contributed by atoms with van der Waals surface area (Å²) in [4.78, 5) is 2.31. The Labute approximate surface area is 147 Å². The summed E-state index contributed by atoms with van der Waals surface area (Å²) >= 11 is 0. The van der Waals surface area contributed by atoms with Gasteiger partial charge in [0, 0.05) is 37.8 Å². The molecule has 0 bridgehead atoms. The van der Waals surface area contributed by atoms with Crippen molar-refractivity contribution in [3.63, 3.8) is 0 Å². The lowest BCUT2D eigenvalue weighted by molar-refractivity contribution is 0.00537. The highest BCUT2D eigenvalue weighted by molar-refractivity contribution is 7.88. The fraction of sp³-hybridized carbons (Fsp3) is 0.647. The van der Waals surface area contributed by atoms with E-state index >= 15 is 0 Å². The van der Waals surface area contributed by atoms with Crippen molar-refractivity contribution in [3.05, 3.63) is 35.4 Å². The molecule has 3 rings (SSSR count). The summed E-state index contributed by atoms with van der Waals surface area (Å²) in [6.45, 7) is 4.09. The average Bonchev–Trinajstić information content (AvgIpc) is 2.63. The van der Waals surface area contributed by atoms with Crippen molar-refractivity contribution in [2.45, 2.75) is 31.1 Å². The summed E-state index contributed by atoms with van der Waals surface area (Å²) in [7, 11) is -3.45. The number of alkyl halides is 2. The van der Waals surface area contributed by atoms with Gasteiger partial charge in [0.2, 0.25) is 10.0 Å². The van der Waals surface area contributed by atoms with Gasteiger partial charge in [-0.05, 0) is 18.4 Å². The van der Waals surface area contributed by atoms with Crippen LogP contribution < -0.4 is 0 Å². The molecule has 0 radical (unpaired) electrons. The number of halogens is 2. The van der Waals surface area contributed by atoms with Crippen molar-refractivity contribution >= 4 is 10.0 Å². The lowest BCUT2D eigenvalue weighted by Gasteiger charge is -2.40. The van der Waals surface area contributed by atoms with Crippen LogP contribution in [0, 0.1) is 0 Å². The maximum Gasteiger partial charge on any atom is 0.263 e. The van der Waals surface area contributed by atoms with Gasteiger partial charge in [-0.25, -0.2) is 21.5 Å². The zero-order valence-electron chi connectivity index (χ0n) is 14.1. The Bertz CT molecular complexity index is 661. The third-order valence-corrected chi connectivity index (χ3v) is 6.71. The summed E-state index contributed by atoms with van der Waals surface area (Å²) in [5.41, 5.74) is 0.449. The van der Waals surface area contributed by atoms with Crippen molar-refractivity contribution in [2.24, 2.45) is 0 Å². The third-order valence-electron chi connectivity index (χ3n) is 4.90. The van der Waals surface area contributed by atoms with E-state index in [1.165, 1.54) is 24.3 Å². The predicted molar refractivity (Wildman–Crippen MR) is 91.0 cm³/mol. The Balaban J connectivity index is 1.64. The van der Waals surface area contributed by atoms with Gasteiger partial charge in [0.1, 0.15) is 0 Å². The molecule has 5 nitrogen and oxygen atoms in total. The van der Waals surface area contributed by atoms with Crippen molar-refractivity contribution in [2.75, 3.05) is 39.4 Å². The molecule has 1 aromatic carbocycles. The molecular weight excluding hydrogens is 350 g/mol. The second-order valence-corrected chi connectivity index (χ2v) is 8.57. The zero-order valence-corrected chi connectivity index (χ0v) is 14.9. The minimum atomic E-state index is -3.45. The van der Waals surface area contributed by atoms with Crippen LogP contribution in [0.5, 0.6) is 0 Å². The molecule has 140 valence electrons. The second kappa shape index (κ2) is 8.07. The number of hydrogen-bond acceptors (Lipinski definition) is 4. The van der Waals surface area contributed by atoms with E-state index in [1.807, 2.05) is 0 Å². The number of morpholine rings is 1. The van der Waals surface area contributed by atoms with Crippen LogP contribution in [-0.4, -0.2) is 63.1 Å². The van der Waals surface area contributed by atoms with Gasteiger partial charge in [0.05, 0.1) is 19.0 Å². The fourth-order valence-corrected chi connectivity index (χ4v) is 5.08. The van der Waals surface area contributed by atoms with E-state index in [0.29, 0.717) is 31.9 Å². The Morgan fingerprint density at radius 2 is 1.80 bits per heavy atom. The van der Waals surface area contributed by atoms with E-state index in [0.717, 1.165) is 25.9 Å². The number of rotatable bonds is 5. The van der Waals surface area contributed by atoms with E-state index in [-0.39, 0.29) is 17.4 Å². The molecule has 0 spiro atoms. The summed E-state index contributed by atoms with van der Waals surface area (Å²) in [6.07, 6.45) is -0.706. The highest BCUT2D eigenvalue weighted by atomic mass is 32.2. The van der Waals surface area contributed by atoms with Crippen LogP contribution in [-0.2, 0) is 20.5 Å². The molecule has 0 aliphatic carbocycles. The van der Waals surface area contributed by atoms with Crippen molar-refractivity contribution in [1.29, 1.82) is 0 Å². The van der Waals surface area contributed by atoms with Gasteiger partial charge in [-0.1, -0.05) is 24.3 Å². The fourth-order valence-electron chi connectivity index (χ4n) is 3.48. The van der Waals surface area contributed by atoms with Crippen LogP contribution >= 0.6 is 0 Å². The Morgan fingerprint density at radius 3 is 2.44 bits per heavy atom. The first-order chi connectivity index (χ1) is 12.0. The second-order valence-electron chi connectivity index (χ2n) is 6.60. The first-order valence-electron chi connectivity index (χ1n) is 8.62. The molecule has 0 amide bonds. The van der Waals surface area contributed by atoms with Gasteiger partial charge in [-0.15, -0.1) is 0 Å². The van der Waals surface area contributed by atoms with E-state index < -0.39 is 16.4 Å². The van der Waals surface area contributed by atoms with Crippen molar-refractivity contribution in [3.8, 4) is 0 Å². The number of sulfonamides is 1. The van der Waals surface area contributed by atoms with E-state index in [1.54, 1.807) is 4.31 Å². The molecular formula is C17H24F2N2O3S. The standard InChI is InChI=1S/C17H24F2N2O3S/c18-17(19)15-5-3-14(4-6-15)13-25(22,23)21-7-1-2-16(12-21)20-8-10-24-11-9-20/h3-6,16-17H,1-2,7-13H2. The monoisotopic (exact) mass is 374 g/mol. The Morgan fingerprint density at radius 1 is 1.12 bits per heavy atom. The summed E-state index contributed by atoms with van der Waals surface area (Å²) in [5, 5.41) is 0. The molecule has 2 aliphatic heterocycles. The molecule has 0 aromatic heterocycles. The van der Waals surface area contributed by atoms with Gasteiger partial charge < -0.3 is 4.74 Å². The van der Waals surface area contributed by atoms with Gasteiger partial charge in [-0.3, -0.25) is 4.90 Å². The normalized spacial score (nSPS) is 23.9. The third kappa shape index (κ3) is 4.75. The molecule has 25 heavy (non-hydrogen) atoms.